The van der Waals surface area contributed by atoms with Crippen LogP contribution < -0.4 is 5.32 Å². The molecule has 0 radical (unpaired) electrons. The molecule has 2 N–H and O–H groups in total. The van der Waals surface area contributed by atoms with Crippen molar-refractivity contribution < 1.29 is 0 Å². The average Bonchev–Trinajstić information content (AvgIpc) is 3.01. The third kappa shape index (κ3) is 2.83. The SMILES string of the molecule is CNc1cc(-c2[nH]c3cc(Cl)cnc3c2-c2ccc(C)nc2)ccn1. The fourth-order valence-corrected chi connectivity index (χ4v) is 3.04. The van der Waals surface area contributed by atoms with Crippen LogP contribution in [0.15, 0.2) is 48.9 Å². The van der Waals surface area contributed by atoms with E-state index < -0.39 is 0 Å². The van der Waals surface area contributed by atoms with Gasteiger partial charge in [0.2, 0.25) is 0 Å². The lowest BCUT2D eigenvalue weighted by atomic mass is 10.0. The number of fused-ring (bicyclic) bond motifs is 1. The highest BCUT2D eigenvalue weighted by Crippen LogP contribution is 2.38. The fraction of sp³-hybridized carbons (Fsp3) is 0.105. The zero-order valence-electron chi connectivity index (χ0n) is 13.8. The van der Waals surface area contributed by atoms with E-state index in [1.807, 2.05) is 44.4 Å². The minimum Gasteiger partial charge on any atom is -0.373 e. The monoisotopic (exact) mass is 349 g/mol. The van der Waals surface area contributed by atoms with E-state index in [2.05, 4.69) is 31.3 Å². The summed E-state index contributed by atoms with van der Waals surface area (Å²) in [5.74, 6) is 0.801. The number of pyridine rings is 3. The molecule has 4 aromatic rings. The minimum atomic E-state index is 0.597. The van der Waals surface area contributed by atoms with Crippen LogP contribution in [0.2, 0.25) is 5.02 Å². The van der Waals surface area contributed by atoms with Gasteiger partial charge in [-0.1, -0.05) is 17.7 Å². The molecule has 0 atom stereocenters. The zero-order valence-corrected chi connectivity index (χ0v) is 14.6. The fourth-order valence-electron chi connectivity index (χ4n) is 2.89. The van der Waals surface area contributed by atoms with E-state index in [1.54, 1.807) is 12.4 Å². The highest BCUT2D eigenvalue weighted by atomic mass is 35.5. The number of aromatic nitrogens is 4. The molecule has 0 amide bonds. The van der Waals surface area contributed by atoms with Crippen LogP contribution in [0, 0.1) is 6.92 Å². The summed E-state index contributed by atoms with van der Waals surface area (Å²) >= 11 is 6.13. The number of aromatic amines is 1. The molecule has 0 aliphatic rings. The number of nitrogens with one attached hydrogen (secondary N) is 2. The summed E-state index contributed by atoms with van der Waals surface area (Å²) in [4.78, 5) is 16.7. The van der Waals surface area contributed by atoms with Gasteiger partial charge >= 0.3 is 0 Å². The lowest BCUT2D eigenvalue weighted by molar-refractivity contribution is 1.20. The normalized spacial score (nSPS) is 11.0. The van der Waals surface area contributed by atoms with E-state index in [1.165, 1.54) is 0 Å². The summed E-state index contributed by atoms with van der Waals surface area (Å²) in [6.07, 6.45) is 5.32. The Morgan fingerprint density at radius 2 is 1.88 bits per heavy atom. The van der Waals surface area contributed by atoms with E-state index in [9.17, 15) is 0 Å². The van der Waals surface area contributed by atoms with Crippen LogP contribution in [0.5, 0.6) is 0 Å². The molecule has 0 saturated heterocycles. The first-order chi connectivity index (χ1) is 12.2. The van der Waals surface area contributed by atoms with Crippen molar-refractivity contribution in [1.82, 2.24) is 19.9 Å². The van der Waals surface area contributed by atoms with Crippen LogP contribution in [-0.2, 0) is 0 Å². The molecule has 25 heavy (non-hydrogen) atoms. The zero-order chi connectivity index (χ0) is 17.4. The predicted molar refractivity (Wildman–Crippen MR) is 102 cm³/mol. The Hall–Kier alpha value is -2.92. The number of halogens is 1. The van der Waals surface area contributed by atoms with E-state index in [0.717, 1.165) is 44.9 Å². The molecule has 0 unspecified atom stereocenters. The van der Waals surface area contributed by atoms with Crippen LogP contribution in [0.4, 0.5) is 5.82 Å². The van der Waals surface area contributed by atoms with Gasteiger partial charge in [-0.15, -0.1) is 0 Å². The summed E-state index contributed by atoms with van der Waals surface area (Å²) < 4.78 is 0. The van der Waals surface area contributed by atoms with Gasteiger partial charge in [-0.3, -0.25) is 9.97 Å². The molecule has 124 valence electrons. The van der Waals surface area contributed by atoms with Gasteiger partial charge < -0.3 is 10.3 Å². The van der Waals surface area contributed by atoms with Gasteiger partial charge in [-0.25, -0.2) is 4.98 Å². The Kier molecular flexibility index (Phi) is 3.86. The minimum absolute atomic E-state index is 0.597. The lowest BCUT2D eigenvalue weighted by Crippen LogP contribution is -1.92. The number of hydrogen-bond acceptors (Lipinski definition) is 4. The van der Waals surface area contributed by atoms with E-state index in [0.29, 0.717) is 5.02 Å². The number of H-pyrrole nitrogens is 1. The van der Waals surface area contributed by atoms with Gasteiger partial charge in [0.15, 0.2) is 0 Å². The van der Waals surface area contributed by atoms with E-state index in [4.69, 9.17) is 11.6 Å². The molecule has 0 aliphatic heterocycles. The number of rotatable bonds is 3. The largest absolute Gasteiger partial charge is 0.373 e. The van der Waals surface area contributed by atoms with Crippen molar-refractivity contribution in [2.45, 2.75) is 6.92 Å². The Morgan fingerprint density at radius 3 is 2.64 bits per heavy atom. The lowest BCUT2D eigenvalue weighted by Gasteiger charge is -2.07. The molecule has 4 rings (SSSR count). The molecule has 0 aliphatic carbocycles. The van der Waals surface area contributed by atoms with Crippen LogP contribution in [-0.4, -0.2) is 27.0 Å². The third-order valence-corrected chi connectivity index (χ3v) is 4.31. The highest BCUT2D eigenvalue weighted by molar-refractivity contribution is 6.31. The van der Waals surface area contributed by atoms with Crippen LogP contribution in [0.1, 0.15) is 5.69 Å². The van der Waals surface area contributed by atoms with Gasteiger partial charge in [-0.05, 0) is 31.2 Å². The standard InChI is InChI=1S/C19H16ClN5/c1-11-3-4-13(9-23-11)17-18(12-5-6-22-16(7-12)21-2)25-15-8-14(20)10-24-19(15)17/h3-10,25H,1-2H3,(H,21,22). The molecule has 0 aromatic carbocycles. The second-order valence-corrected chi connectivity index (χ2v) is 6.23. The molecule has 0 bridgehead atoms. The maximum absolute atomic E-state index is 6.13. The summed E-state index contributed by atoms with van der Waals surface area (Å²) in [7, 11) is 1.85. The molecule has 0 spiro atoms. The Labute approximate surface area is 150 Å². The average molecular weight is 350 g/mol. The first-order valence-corrected chi connectivity index (χ1v) is 8.28. The van der Waals surface area contributed by atoms with Gasteiger partial charge in [0, 0.05) is 48.0 Å². The maximum Gasteiger partial charge on any atom is 0.126 e. The van der Waals surface area contributed by atoms with E-state index in [-0.39, 0.29) is 0 Å². The Morgan fingerprint density at radius 1 is 1.00 bits per heavy atom. The van der Waals surface area contributed by atoms with Crippen LogP contribution in [0.3, 0.4) is 0 Å². The third-order valence-electron chi connectivity index (χ3n) is 4.11. The Balaban J connectivity index is 2.02. The molecule has 5 nitrogen and oxygen atoms in total. The number of nitrogens with zero attached hydrogens (tertiary/aromatic N) is 3. The molecule has 0 saturated carbocycles. The van der Waals surface area contributed by atoms with Crippen molar-refractivity contribution >= 4 is 28.5 Å². The summed E-state index contributed by atoms with van der Waals surface area (Å²) in [5, 5.41) is 3.67. The van der Waals surface area contributed by atoms with Crippen molar-refractivity contribution in [3.05, 3.63) is 59.6 Å². The highest BCUT2D eigenvalue weighted by Gasteiger charge is 2.17. The smallest absolute Gasteiger partial charge is 0.126 e. The van der Waals surface area contributed by atoms with Crippen molar-refractivity contribution in [3.63, 3.8) is 0 Å². The number of aryl methyl sites for hydroxylation is 1. The first-order valence-electron chi connectivity index (χ1n) is 7.90. The molecule has 4 heterocycles. The van der Waals surface area contributed by atoms with Crippen molar-refractivity contribution in [3.8, 4) is 22.4 Å². The maximum atomic E-state index is 6.13. The number of anilines is 1. The van der Waals surface area contributed by atoms with Crippen LogP contribution >= 0.6 is 11.6 Å². The second-order valence-electron chi connectivity index (χ2n) is 5.79. The number of hydrogen-bond donors (Lipinski definition) is 2. The van der Waals surface area contributed by atoms with Crippen molar-refractivity contribution in [2.24, 2.45) is 0 Å². The van der Waals surface area contributed by atoms with E-state index >= 15 is 0 Å². The van der Waals surface area contributed by atoms with Gasteiger partial charge in [0.05, 0.1) is 21.7 Å². The Bertz CT molecular complexity index is 1050. The summed E-state index contributed by atoms with van der Waals surface area (Å²) in [5.41, 5.74) is 6.73. The van der Waals surface area contributed by atoms with Crippen molar-refractivity contribution in [1.29, 1.82) is 0 Å². The summed E-state index contributed by atoms with van der Waals surface area (Å²) in [6.45, 7) is 1.97. The first kappa shape index (κ1) is 15.6. The van der Waals surface area contributed by atoms with Gasteiger partial charge in [-0.2, -0.15) is 0 Å². The molecule has 4 aromatic heterocycles. The predicted octanol–water partition coefficient (Wildman–Crippen LogP) is 4.69. The molecular weight excluding hydrogens is 334 g/mol. The van der Waals surface area contributed by atoms with Crippen molar-refractivity contribution in [2.75, 3.05) is 12.4 Å². The van der Waals surface area contributed by atoms with Gasteiger partial charge in [0.1, 0.15) is 5.82 Å². The second kappa shape index (κ2) is 6.18. The molecule has 6 heteroatoms. The van der Waals surface area contributed by atoms with Gasteiger partial charge in [0.25, 0.3) is 0 Å². The van der Waals surface area contributed by atoms with Crippen LogP contribution in [0.25, 0.3) is 33.4 Å². The summed E-state index contributed by atoms with van der Waals surface area (Å²) in [6, 6.07) is 9.92. The molecule has 0 fully saturated rings. The quantitative estimate of drug-likeness (QED) is 0.563. The topological polar surface area (TPSA) is 66.5 Å². The molecular formula is C19H16ClN5.